The van der Waals surface area contributed by atoms with Gasteiger partial charge in [0.25, 0.3) is 0 Å². The van der Waals surface area contributed by atoms with Gasteiger partial charge in [-0.3, -0.25) is 19.6 Å². The summed E-state index contributed by atoms with van der Waals surface area (Å²) in [7, 11) is 0. The topological polar surface area (TPSA) is 68.7 Å². The van der Waals surface area contributed by atoms with Crippen molar-refractivity contribution in [3.63, 3.8) is 0 Å². The van der Waals surface area contributed by atoms with E-state index in [1.165, 1.54) is 0 Å². The lowest BCUT2D eigenvalue weighted by molar-refractivity contribution is -0.118. The summed E-state index contributed by atoms with van der Waals surface area (Å²) >= 11 is 0. The summed E-state index contributed by atoms with van der Waals surface area (Å²) in [5, 5.41) is 12.4. The Morgan fingerprint density at radius 3 is 3.00 bits per heavy atom. The summed E-state index contributed by atoms with van der Waals surface area (Å²) in [5.74, 6) is -0.00757. The van der Waals surface area contributed by atoms with Gasteiger partial charge < -0.3 is 10.4 Å². The average molecular weight is 306 g/mol. The summed E-state index contributed by atoms with van der Waals surface area (Å²) in [6.45, 7) is 7.68. The molecule has 0 radical (unpaired) electrons. The molecule has 1 fully saturated rings. The summed E-state index contributed by atoms with van der Waals surface area (Å²) in [6, 6.07) is 4.03. The van der Waals surface area contributed by atoms with Gasteiger partial charge in [0, 0.05) is 38.4 Å². The van der Waals surface area contributed by atoms with E-state index in [-0.39, 0.29) is 12.0 Å². The lowest BCUT2D eigenvalue weighted by Crippen LogP contribution is -2.55. The standard InChI is InChI=1S/C16H26N4O2/c1-3-15-11-19(7-8-20(15)10-13(2)21)12-16(22)18-14-5-4-6-17-9-14/h4-6,9,13,15,21H,3,7-8,10-12H2,1-2H3,(H,18,22)/t13-,15+/m1/s1. The van der Waals surface area contributed by atoms with Crippen LogP contribution >= 0.6 is 0 Å². The Hall–Kier alpha value is -1.50. The van der Waals surface area contributed by atoms with Crippen molar-refractivity contribution in [1.82, 2.24) is 14.8 Å². The molecule has 2 N–H and O–H groups in total. The molecule has 2 rings (SSSR count). The van der Waals surface area contributed by atoms with Gasteiger partial charge >= 0.3 is 0 Å². The molecule has 1 saturated heterocycles. The number of carbonyl (C=O) groups is 1. The molecule has 0 unspecified atom stereocenters. The van der Waals surface area contributed by atoms with E-state index in [4.69, 9.17) is 0 Å². The summed E-state index contributed by atoms with van der Waals surface area (Å²) in [6.07, 6.45) is 4.04. The van der Waals surface area contributed by atoms with E-state index < -0.39 is 0 Å². The Kier molecular flexibility index (Phi) is 6.30. The van der Waals surface area contributed by atoms with Crippen LogP contribution in [-0.2, 0) is 4.79 Å². The molecule has 0 saturated carbocycles. The number of nitrogens with zero attached hydrogens (tertiary/aromatic N) is 3. The number of aliphatic hydroxyl groups is 1. The Bertz CT molecular complexity index is 466. The number of β-amino-alcohol motifs (C(OH)–C–C–N with tert-alkyl or cyclic N) is 1. The number of nitrogens with one attached hydrogen (secondary N) is 1. The molecular formula is C16H26N4O2. The summed E-state index contributed by atoms with van der Waals surface area (Å²) < 4.78 is 0. The first-order valence-corrected chi connectivity index (χ1v) is 7.92. The van der Waals surface area contributed by atoms with Crippen LogP contribution in [0.1, 0.15) is 20.3 Å². The van der Waals surface area contributed by atoms with Gasteiger partial charge in [0.2, 0.25) is 5.91 Å². The minimum Gasteiger partial charge on any atom is -0.392 e. The molecule has 2 heterocycles. The highest BCUT2D eigenvalue weighted by Crippen LogP contribution is 2.13. The molecule has 1 aliphatic rings. The SMILES string of the molecule is CC[C@H]1CN(CC(=O)Nc2cccnc2)CCN1C[C@@H](C)O. The zero-order chi connectivity index (χ0) is 15.9. The molecule has 6 nitrogen and oxygen atoms in total. The number of pyridine rings is 1. The van der Waals surface area contributed by atoms with Crippen molar-refractivity contribution in [3.05, 3.63) is 24.5 Å². The predicted molar refractivity (Wildman–Crippen MR) is 86.6 cm³/mol. The van der Waals surface area contributed by atoms with Crippen LogP contribution in [0.25, 0.3) is 0 Å². The molecule has 6 heteroatoms. The van der Waals surface area contributed by atoms with Crippen molar-refractivity contribution in [2.24, 2.45) is 0 Å². The molecule has 1 aromatic heterocycles. The minimum absolute atomic E-state index is 0.00757. The smallest absolute Gasteiger partial charge is 0.238 e. The number of amides is 1. The van der Waals surface area contributed by atoms with Crippen LogP contribution in [0.5, 0.6) is 0 Å². The molecule has 122 valence electrons. The third-order valence-electron chi connectivity index (χ3n) is 3.97. The molecule has 0 bridgehead atoms. The Morgan fingerprint density at radius 1 is 1.55 bits per heavy atom. The fourth-order valence-corrected chi connectivity index (χ4v) is 2.91. The van der Waals surface area contributed by atoms with Crippen LogP contribution in [0, 0.1) is 0 Å². The quantitative estimate of drug-likeness (QED) is 0.813. The first-order chi connectivity index (χ1) is 10.6. The van der Waals surface area contributed by atoms with E-state index in [1.807, 2.05) is 13.0 Å². The highest BCUT2D eigenvalue weighted by atomic mass is 16.3. The maximum absolute atomic E-state index is 12.1. The number of rotatable bonds is 6. The second kappa shape index (κ2) is 8.22. The lowest BCUT2D eigenvalue weighted by atomic mass is 10.1. The van der Waals surface area contributed by atoms with E-state index in [0.717, 1.165) is 31.7 Å². The largest absolute Gasteiger partial charge is 0.392 e. The molecule has 1 aromatic rings. The second-order valence-corrected chi connectivity index (χ2v) is 5.93. The molecule has 1 aliphatic heterocycles. The van der Waals surface area contributed by atoms with Gasteiger partial charge in [0.1, 0.15) is 0 Å². The fraction of sp³-hybridized carbons (Fsp3) is 0.625. The van der Waals surface area contributed by atoms with E-state index in [1.54, 1.807) is 18.5 Å². The number of aliphatic hydroxyl groups excluding tert-OH is 1. The Balaban J connectivity index is 1.83. The van der Waals surface area contributed by atoms with E-state index in [2.05, 4.69) is 27.0 Å². The van der Waals surface area contributed by atoms with Gasteiger partial charge in [-0.1, -0.05) is 6.92 Å². The van der Waals surface area contributed by atoms with Gasteiger partial charge in [0.05, 0.1) is 24.5 Å². The molecule has 0 aliphatic carbocycles. The van der Waals surface area contributed by atoms with Crippen molar-refractivity contribution in [2.75, 3.05) is 38.0 Å². The van der Waals surface area contributed by atoms with E-state index in [0.29, 0.717) is 19.1 Å². The van der Waals surface area contributed by atoms with Gasteiger partial charge in [-0.2, -0.15) is 0 Å². The monoisotopic (exact) mass is 306 g/mol. The molecule has 0 spiro atoms. The fourth-order valence-electron chi connectivity index (χ4n) is 2.91. The van der Waals surface area contributed by atoms with Gasteiger partial charge in [-0.05, 0) is 25.5 Å². The summed E-state index contributed by atoms with van der Waals surface area (Å²) in [4.78, 5) is 20.6. The highest BCUT2D eigenvalue weighted by molar-refractivity contribution is 5.92. The molecule has 1 amide bonds. The average Bonchev–Trinajstić information content (AvgIpc) is 2.49. The molecule has 22 heavy (non-hydrogen) atoms. The molecule has 0 aromatic carbocycles. The maximum atomic E-state index is 12.1. The second-order valence-electron chi connectivity index (χ2n) is 5.93. The predicted octanol–water partition coefficient (Wildman–Crippen LogP) is 0.797. The number of anilines is 1. The van der Waals surface area contributed by atoms with Crippen molar-refractivity contribution < 1.29 is 9.90 Å². The first kappa shape index (κ1) is 16.9. The third kappa shape index (κ3) is 5.05. The van der Waals surface area contributed by atoms with E-state index in [9.17, 15) is 9.90 Å². The van der Waals surface area contributed by atoms with Crippen molar-refractivity contribution in [1.29, 1.82) is 0 Å². The summed E-state index contributed by atoms with van der Waals surface area (Å²) in [5.41, 5.74) is 0.729. The van der Waals surface area contributed by atoms with Crippen LogP contribution < -0.4 is 5.32 Å². The van der Waals surface area contributed by atoms with Crippen LogP contribution in [0.2, 0.25) is 0 Å². The maximum Gasteiger partial charge on any atom is 0.238 e. The van der Waals surface area contributed by atoms with Gasteiger partial charge in [-0.15, -0.1) is 0 Å². The van der Waals surface area contributed by atoms with Crippen molar-refractivity contribution in [2.45, 2.75) is 32.4 Å². The van der Waals surface area contributed by atoms with Crippen LogP contribution in [0.15, 0.2) is 24.5 Å². The Labute approximate surface area is 132 Å². The van der Waals surface area contributed by atoms with Crippen molar-refractivity contribution >= 4 is 11.6 Å². The number of carbonyl (C=O) groups excluding carboxylic acids is 1. The number of piperazine rings is 1. The zero-order valence-electron chi connectivity index (χ0n) is 13.4. The highest BCUT2D eigenvalue weighted by Gasteiger charge is 2.27. The molecular weight excluding hydrogens is 280 g/mol. The Morgan fingerprint density at radius 2 is 2.36 bits per heavy atom. The normalized spacial score (nSPS) is 21.5. The number of hydrogen-bond acceptors (Lipinski definition) is 5. The van der Waals surface area contributed by atoms with Crippen LogP contribution in [0.4, 0.5) is 5.69 Å². The van der Waals surface area contributed by atoms with Gasteiger partial charge in [-0.25, -0.2) is 0 Å². The number of hydrogen-bond donors (Lipinski definition) is 2. The first-order valence-electron chi connectivity index (χ1n) is 7.92. The van der Waals surface area contributed by atoms with Crippen LogP contribution in [0.3, 0.4) is 0 Å². The zero-order valence-corrected chi connectivity index (χ0v) is 13.4. The number of aromatic nitrogens is 1. The van der Waals surface area contributed by atoms with E-state index >= 15 is 0 Å². The van der Waals surface area contributed by atoms with Crippen LogP contribution in [-0.4, -0.2) is 70.7 Å². The lowest BCUT2D eigenvalue weighted by Gasteiger charge is -2.41. The third-order valence-corrected chi connectivity index (χ3v) is 3.97. The minimum atomic E-state index is -0.311. The van der Waals surface area contributed by atoms with Gasteiger partial charge in [0.15, 0.2) is 0 Å². The molecule has 2 atom stereocenters. The van der Waals surface area contributed by atoms with Crippen molar-refractivity contribution in [3.8, 4) is 0 Å².